The van der Waals surface area contributed by atoms with Gasteiger partial charge in [0.15, 0.2) is 0 Å². The number of pyridine rings is 2. The smallest absolute Gasteiger partial charge is 0.0349 e. The average Bonchev–Trinajstić information content (AvgIpc) is 2.30. The monoisotopic (exact) mass is 198 g/mol. The molecule has 2 heteroatoms. The van der Waals surface area contributed by atoms with E-state index in [-0.39, 0.29) is 0 Å². The van der Waals surface area contributed by atoms with Gasteiger partial charge < -0.3 is 0 Å². The van der Waals surface area contributed by atoms with Gasteiger partial charge in [0.1, 0.15) is 0 Å². The number of hydrogen-bond acceptors (Lipinski definition) is 2. The fraction of sp³-hybridized carbons (Fsp3) is 0.231. The number of aryl methyl sites for hydroxylation is 1. The molecule has 0 aliphatic heterocycles. The van der Waals surface area contributed by atoms with Crippen molar-refractivity contribution in [2.24, 2.45) is 0 Å². The summed E-state index contributed by atoms with van der Waals surface area (Å²) in [5.41, 5.74) is 5.04. The molecule has 0 aliphatic rings. The summed E-state index contributed by atoms with van der Waals surface area (Å²) in [5.74, 6) is 0. The highest BCUT2D eigenvalue weighted by atomic mass is 14.6. The Labute approximate surface area is 90.0 Å². The fourth-order valence-corrected chi connectivity index (χ4v) is 1.84. The summed E-state index contributed by atoms with van der Waals surface area (Å²) >= 11 is 0. The first-order valence-electron chi connectivity index (χ1n) is 5.16. The SMILES string of the molecule is CCc1c(C)cncc1-c1ccncc1. The molecule has 0 saturated carbocycles. The summed E-state index contributed by atoms with van der Waals surface area (Å²) < 4.78 is 0. The standard InChI is InChI=1S/C13H14N2/c1-3-12-10(2)8-15-9-13(12)11-4-6-14-7-5-11/h4-9H,3H2,1-2H3. The van der Waals surface area contributed by atoms with Crippen molar-refractivity contribution in [3.63, 3.8) is 0 Å². The van der Waals surface area contributed by atoms with Crippen molar-refractivity contribution in [3.05, 3.63) is 48.0 Å². The largest absolute Gasteiger partial charge is 0.265 e. The quantitative estimate of drug-likeness (QED) is 0.741. The van der Waals surface area contributed by atoms with Crippen molar-refractivity contribution in [1.29, 1.82) is 0 Å². The van der Waals surface area contributed by atoms with Crippen LogP contribution >= 0.6 is 0 Å². The third-order valence-corrected chi connectivity index (χ3v) is 2.62. The van der Waals surface area contributed by atoms with Crippen molar-refractivity contribution in [2.75, 3.05) is 0 Å². The zero-order chi connectivity index (χ0) is 10.7. The zero-order valence-corrected chi connectivity index (χ0v) is 9.07. The molecule has 76 valence electrons. The van der Waals surface area contributed by atoms with E-state index in [4.69, 9.17) is 0 Å². The normalized spacial score (nSPS) is 10.3. The molecule has 2 aromatic rings. The van der Waals surface area contributed by atoms with Crippen LogP contribution in [-0.2, 0) is 6.42 Å². The first kappa shape index (κ1) is 9.84. The van der Waals surface area contributed by atoms with Crippen LogP contribution in [0.2, 0.25) is 0 Å². The fourth-order valence-electron chi connectivity index (χ4n) is 1.84. The Bertz CT molecular complexity index is 449. The second kappa shape index (κ2) is 4.22. The van der Waals surface area contributed by atoms with Gasteiger partial charge in [0.2, 0.25) is 0 Å². The summed E-state index contributed by atoms with van der Waals surface area (Å²) in [6.07, 6.45) is 8.52. The molecule has 0 N–H and O–H groups in total. The number of aromatic nitrogens is 2. The highest BCUT2D eigenvalue weighted by Crippen LogP contribution is 2.24. The molecule has 0 amide bonds. The third-order valence-electron chi connectivity index (χ3n) is 2.62. The molecule has 0 bridgehead atoms. The molecule has 15 heavy (non-hydrogen) atoms. The van der Waals surface area contributed by atoms with Gasteiger partial charge in [0.05, 0.1) is 0 Å². The molecule has 0 aliphatic carbocycles. The maximum absolute atomic E-state index is 4.25. The van der Waals surface area contributed by atoms with Gasteiger partial charge in [-0.25, -0.2) is 0 Å². The second-order valence-corrected chi connectivity index (χ2v) is 3.57. The topological polar surface area (TPSA) is 25.8 Å². The summed E-state index contributed by atoms with van der Waals surface area (Å²) in [7, 11) is 0. The highest BCUT2D eigenvalue weighted by molar-refractivity contribution is 5.67. The Morgan fingerprint density at radius 3 is 2.47 bits per heavy atom. The van der Waals surface area contributed by atoms with Gasteiger partial charge in [-0.2, -0.15) is 0 Å². The minimum Gasteiger partial charge on any atom is -0.265 e. The van der Waals surface area contributed by atoms with Crippen molar-refractivity contribution >= 4 is 0 Å². The van der Waals surface area contributed by atoms with E-state index >= 15 is 0 Å². The van der Waals surface area contributed by atoms with Crippen LogP contribution in [0.15, 0.2) is 36.9 Å². The first-order chi connectivity index (χ1) is 7.33. The molecule has 0 aromatic carbocycles. The van der Waals surface area contributed by atoms with Gasteiger partial charge in [-0.1, -0.05) is 6.92 Å². The van der Waals surface area contributed by atoms with Crippen LogP contribution in [0.5, 0.6) is 0 Å². The van der Waals surface area contributed by atoms with E-state index in [2.05, 4.69) is 23.8 Å². The Morgan fingerprint density at radius 1 is 1.07 bits per heavy atom. The van der Waals surface area contributed by atoms with Crippen molar-refractivity contribution < 1.29 is 0 Å². The molecule has 0 saturated heterocycles. The van der Waals surface area contributed by atoms with Crippen LogP contribution in [0, 0.1) is 6.92 Å². The second-order valence-electron chi connectivity index (χ2n) is 3.57. The van der Waals surface area contributed by atoms with Gasteiger partial charge >= 0.3 is 0 Å². The molecule has 2 heterocycles. The number of nitrogens with zero attached hydrogens (tertiary/aromatic N) is 2. The van der Waals surface area contributed by atoms with Gasteiger partial charge in [0.25, 0.3) is 0 Å². The van der Waals surface area contributed by atoms with E-state index < -0.39 is 0 Å². The first-order valence-corrected chi connectivity index (χ1v) is 5.16. The Kier molecular flexibility index (Phi) is 2.77. The summed E-state index contributed by atoms with van der Waals surface area (Å²) in [6.45, 7) is 4.28. The van der Waals surface area contributed by atoms with Crippen molar-refractivity contribution in [3.8, 4) is 11.1 Å². The summed E-state index contributed by atoms with van der Waals surface area (Å²) in [4.78, 5) is 8.28. The van der Waals surface area contributed by atoms with Gasteiger partial charge in [-0.3, -0.25) is 9.97 Å². The lowest BCUT2D eigenvalue weighted by atomic mass is 9.98. The molecular formula is C13H14N2. The summed E-state index contributed by atoms with van der Waals surface area (Å²) in [6, 6.07) is 4.05. The van der Waals surface area contributed by atoms with Gasteiger partial charge in [-0.15, -0.1) is 0 Å². The van der Waals surface area contributed by atoms with E-state index in [0.29, 0.717) is 0 Å². The predicted octanol–water partition coefficient (Wildman–Crippen LogP) is 3.01. The van der Waals surface area contributed by atoms with Crippen LogP contribution in [0.4, 0.5) is 0 Å². The summed E-state index contributed by atoms with van der Waals surface area (Å²) in [5, 5.41) is 0. The molecule has 0 radical (unpaired) electrons. The lowest BCUT2D eigenvalue weighted by molar-refractivity contribution is 1.08. The molecule has 0 unspecified atom stereocenters. The third kappa shape index (κ3) is 1.89. The minimum absolute atomic E-state index is 1.03. The predicted molar refractivity (Wildman–Crippen MR) is 61.6 cm³/mol. The van der Waals surface area contributed by atoms with Crippen molar-refractivity contribution in [1.82, 2.24) is 9.97 Å². The molecular weight excluding hydrogens is 184 g/mol. The van der Waals surface area contributed by atoms with Crippen LogP contribution in [-0.4, -0.2) is 9.97 Å². The van der Waals surface area contributed by atoms with Crippen LogP contribution in [0.3, 0.4) is 0 Å². The highest BCUT2D eigenvalue weighted by Gasteiger charge is 2.05. The van der Waals surface area contributed by atoms with E-state index in [1.807, 2.05) is 36.9 Å². The van der Waals surface area contributed by atoms with E-state index in [1.165, 1.54) is 22.3 Å². The molecule has 0 spiro atoms. The zero-order valence-electron chi connectivity index (χ0n) is 9.07. The van der Waals surface area contributed by atoms with Crippen molar-refractivity contribution in [2.45, 2.75) is 20.3 Å². The van der Waals surface area contributed by atoms with Crippen LogP contribution < -0.4 is 0 Å². The molecule has 0 atom stereocenters. The Hall–Kier alpha value is -1.70. The van der Waals surface area contributed by atoms with Gasteiger partial charge in [0, 0.05) is 30.4 Å². The molecule has 2 aromatic heterocycles. The minimum atomic E-state index is 1.03. The molecule has 0 fully saturated rings. The maximum atomic E-state index is 4.25. The lowest BCUT2D eigenvalue weighted by Gasteiger charge is -2.09. The Morgan fingerprint density at radius 2 is 1.80 bits per heavy atom. The van der Waals surface area contributed by atoms with Crippen LogP contribution in [0.1, 0.15) is 18.1 Å². The number of rotatable bonds is 2. The Balaban J connectivity index is 2.58. The van der Waals surface area contributed by atoms with E-state index in [0.717, 1.165) is 6.42 Å². The number of hydrogen-bond donors (Lipinski definition) is 0. The molecule has 2 rings (SSSR count). The van der Waals surface area contributed by atoms with Gasteiger partial charge in [-0.05, 0) is 42.2 Å². The van der Waals surface area contributed by atoms with E-state index in [1.54, 1.807) is 0 Å². The average molecular weight is 198 g/mol. The maximum Gasteiger partial charge on any atom is 0.0349 e. The lowest BCUT2D eigenvalue weighted by Crippen LogP contribution is -1.93. The van der Waals surface area contributed by atoms with E-state index in [9.17, 15) is 0 Å². The molecule has 2 nitrogen and oxygen atoms in total. The van der Waals surface area contributed by atoms with Crippen LogP contribution in [0.25, 0.3) is 11.1 Å².